The van der Waals surface area contributed by atoms with Gasteiger partial charge in [-0.05, 0) is 98.5 Å². The van der Waals surface area contributed by atoms with Gasteiger partial charge in [-0.15, -0.1) is 0 Å². The van der Waals surface area contributed by atoms with E-state index >= 15 is 8.78 Å². The first-order chi connectivity index (χ1) is 41.6. The quantitative estimate of drug-likeness (QED) is 0.0171. The molecule has 1 unspecified atom stereocenters. The summed E-state index contributed by atoms with van der Waals surface area (Å²) in [6, 6.07) is 6.90. The van der Waals surface area contributed by atoms with Crippen LogP contribution in [0.1, 0.15) is 109 Å². The van der Waals surface area contributed by atoms with E-state index in [0.717, 1.165) is 48.7 Å². The van der Waals surface area contributed by atoms with Crippen LogP contribution in [0.25, 0.3) is 22.0 Å². The van der Waals surface area contributed by atoms with Crippen molar-refractivity contribution in [2.45, 2.75) is 120 Å². The fourth-order valence-electron chi connectivity index (χ4n) is 10.7. The molecule has 22 nitrogen and oxygen atoms in total. The summed E-state index contributed by atoms with van der Waals surface area (Å²) < 4.78 is 229. The molecule has 3 amide bonds. The Morgan fingerprint density at radius 1 is 0.945 bits per heavy atom. The minimum atomic E-state index is -5.49. The van der Waals surface area contributed by atoms with Crippen LogP contribution in [0, 0.1) is 36.3 Å². The van der Waals surface area contributed by atoms with Crippen LogP contribution >= 0.6 is 27.0 Å². The van der Waals surface area contributed by atoms with Crippen LogP contribution in [0.3, 0.4) is 0 Å². The molecule has 6 N–H and O–H groups in total. The van der Waals surface area contributed by atoms with Gasteiger partial charge >= 0.3 is 27.8 Å². The summed E-state index contributed by atoms with van der Waals surface area (Å²) in [7, 11) is -14.3. The van der Waals surface area contributed by atoms with Gasteiger partial charge in [0.05, 0.1) is 52.2 Å². The lowest BCUT2D eigenvalue weighted by atomic mass is 9.77. The number of amides is 3. The van der Waals surface area contributed by atoms with Crippen LogP contribution in [0.15, 0.2) is 54.6 Å². The molecule has 0 aliphatic heterocycles. The Kier molecular flexibility index (Phi) is 19.2. The molecule has 0 spiro atoms. The summed E-state index contributed by atoms with van der Waals surface area (Å²) in [6.07, 6.45) is -13.6. The lowest BCUT2D eigenvalue weighted by Gasteiger charge is -2.33. The molecule has 37 heteroatoms. The number of aryl methyl sites for hydroxylation is 1. The number of carbonyl (C=O) groups excluding carboxylic acids is 3. The van der Waals surface area contributed by atoms with Crippen molar-refractivity contribution >= 4 is 76.7 Å². The number of phosphoric acid groups is 1. The Labute approximate surface area is 517 Å². The molecule has 1 saturated carbocycles. The Morgan fingerprint density at radius 3 is 2.16 bits per heavy atom. The van der Waals surface area contributed by atoms with E-state index in [0.29, 0.717) is 6.07 Å². The monoisotopic (exact) mass is 1390 g/mol. The highest BCUT2D eigenvalue weighted by molar-refractivity contribution is 7.92. The lowest BCUT2D eigenvalue weighted by Crippen LogP contribution is -2.37. The molecule has 3 heterocycles. The Morgan fingerprint density at radius 2 is 1.58 bits per heavy atom. The molecule has 1 fully saturated rings. The van der Waals surface area contributed by atoms with Gasteiger partial charge < -0.3 is 29.5 Å². The van der Waals surface area contributed by atoms with E-state index in [1.165, 1.54) is 40.7 Å². The second-order valence-corrected chi connectivity index (χ2v) is 29.5. The maximum atomic E-state index is 15.7. The van der Waals surface area contributed by atoms with Crippen LogP contribution < -0.4 is 15.2 Å². The van der Waals surface area contributed by atoms with Gasteiger partial charge in [0.15, 0.2) is 15.5 Å². The zero-order chi connectivity index (χ0) is 67.8. The van der Waals surface area contributed by atoms with E-state index in [-0.39, 0.29) is 59.2 Å². The second-order valence-electron chi connectivity index (χ2n) is 22.8. The molecule has 0 radical (unpaired) electrons. The van der Waals surface area contributed by atoms with Crippen LogP contribution in [-0.2, 0) is 94.6 Å². The molecule has 4 atom stereocenters. The third-order valence-corrected chi connectivity index (χ3v) is 18.8. The summed E-state index contributed by atoms with van der Waals surface area (Å²) in [6.45, 7) is 1.67. The average Bonchev–Trinajstić information content (AvgIpc) is 1.52. The van der Waals surface area contributed by atoms with Gasteiger partial charge in [-0.25, -0.2) is 26.7 Å². The Balaban J connectivity index is 1.28. The number of halogens is 11. The van der Waals surface area contributed by atoms with Crippen LogP contribution in [-0.4, -0.2) is 107 Å². The normalized spacial score (nSPS) is 16.5. The van der Waals surface area contributed by atoms with Crippen LogP contribution in [0.5, 0.6) is 5.75 Å². The van der Waals surface area contributed by atoms with E-state index in [2.05, 4.69) is 32.3 Å². The summed E-state index contributed by atoms with van der Waals surface area (Å²) in [5, 5.41) is 10.9. The SMILES string of the molecule is Cc1cc(CC(=O)NCP(=O)(O)O)c(C(C)(C)CC(=O)N(Cc2nn(CC(F)(F)F)c3c(-c4ccc(C#CC(C)(C)S(C)(=O)=O)nc4[C@H](Cc4cc(F)cc(F)c4)NC(=O)Cn4nc(C(F)(F)F)c5c4C(F)(F)[C@@H]4C[C@H]54)ccc(Cl)c23)S(=O)[O-])c(OP(=O)(O)O)c1. The molecule has 492 valence electrons. The summed E-state index contributed by atoms with van der Waals surface area (Å²) >= 11 is 3.08. The van der Waals surface area contributed by atoms with Crippen molar-refractivity contribution in [3.63, 3.8) is 0 Å². The number of benzene rings is 3. The van der Waals surface area contributed by atoms with Gasteiger partial charge in [-0.2, -0.15) is 45.3 Å². The second kappa shape index (κ2) is 24.9. The van der Waals surface area contributed by atoms with Gasteiger partial charge in [0.1, 0.15) is 52.9 Å². The van der Waals surface area contributed by atoms with E-state index in [1.54, 1.807) is 0 Å². The third-order valence-electron chi connectivity index (χ3n) is 14.8. The largest absolute Gasteiger partial charge is 0.755 e. The molecular weight excluding hydrogens is 1340 g/mol. The van der Waals surface area contributed by atoms with Crippen LogP contribution in [0.4, 0.5) is 43.9 Å². The highest BCUT2D eigenvalue weighted by Gasteiger charge is 2.68. The lowest BCUT2D eigenvalue weighted by molar-refractivity contribution is -0.143. The number of phosphoric ester groups is 1. The number of alkyl halides is 8. The van der Waals surface area contributed by atoms with E-state index in [4.69, 9.17) is 16.1 Å². The number of fused-ring (bicyclic) bond motifs is 4. The highest BCUT2D eigenvalue weighted by Crippen LogP contribution is 2.68. The fraction of sp³-hybridized carbons (Fsp3) is 0.407. The van der Waals surface area contributed by atoms with Crippen molar-refractivity contribution in [1.29, 1.82) is 0 Å². The molecular formula is C54H52ClF10N8O14P2S2-. The zero-order valence-corrected chi connectivity index (χ0v) is 52.2. The molecule has 2 aliphatic rings. The van der Waals surface area contributed by atoms with Crippen molar-refractivity contribution in [1.82, 2.24) is 39.5 Å². The van der Waals surface area contributed by atoms with E-state index in [9.17, 15) is 95.4 Å². The first-order valence-electron chi connectivity index (χ1n) is 26.5. The minimum Gasteiger partial charge on any atom is -0.755 e. The zero-order valence-electron chi connectivity index (χ0n) is 48.0. The van der Waals surface area contributed by atoms with Gasteiger partial charge in [-0.3, -0.25) is 46.6 Å². The number of rotatable bonds is 21. The third kappa shape index (κ3) is 16.0. The van der Waals surface area contributed by atoms with E-state index < -0.39 is 207 Å². The fourth-order valence-corrected chi connectivity index (χ4v) is 12.5. The smallest absolute Gasteiger partial charge is 0.524 e. The van der Waals surface area contributed by atoms with Crippen LogP contribution in [0.2, 0.25) is 5.02 Å². The number of hydrogen-bond acceptors (Lipinski definition) is 13. The van der Waals surface area contributed by atoms with Crippen molar-refractivity contribution in [2.24, 2.45) is 5.92 Å². The number of pyridine rings is 1. The van der Waals surface area contributed by atoms with Crippen molar-refractivity contribution < 1.29 is 109 Å². The topological polar surface area (TPSA) is 326 Å². The van der Waals surface area contributed by atoms with Crippen molar-refractivity contribution in [3.8, 4) is 28.7 Å². The van der Waals surface area contributed by atoms with Gasteiger partial charge in [0, 0.05) is 57.7 Å². The maximum absolute atomic E-state index is 15.7. The number of hydrogen-bond donors (Lipinski definition) is 6. The number of nitrogens with one attached hydrogen (secondary N) is 2. The predicted molar refractivity (Wildman–Crippen MR) is 302 cm³/mol. The molecule has 91 heavy (non-hydrogen) atoms. The van der Waals surface area contributed by atoms with Crippen molar-refractivity contribution in [2.75, 3.05) is 12.5 Å². The number of carbonyl (C=O) groups is 3. The molecule has 0 bridgehead atoms. The van der Waals surface area contributed by atoms with Gasteiger partial charge in [0.25, 0.3) is 5.92 Å². The Hall–Kier alpha value is -6.79. The average molecular weight is 1390 g/mol. The maximum Gasteiger partial charge on any atom is 0.524 e. The highest BCUT2D eigenvalue weighted by atomic mass is 35.5. The molecule has 3 aromatic carbocycles. The summed E-state index contributed by atoms with van der Waals surface area (Å²) in [5.41, 5.74) is -9.02. The van der Waals surface area contributed by atoms with Gasteiger partial charge in [-0.1, -0.05) is 43.5 Å². The number of sulfone groups is 1. The standard InChI is InChI=1S/C54H53ClF10N8O14P2S2/c1-26-13-28(18-40(74)66-25-88(77,78)79)45(39(14-26)87-89(80,81)82)50(2,3)21-42(76)73(90(83)84)22-38-44-36(55)10-9-33(47(44)72(69-38)24-52(58,59)60)32-8-7-31(11-12-51(4,5)91(6,85)86)67-46(32)37(17-27-15-29(56)19-30(57)16-27)68-41(75)23-71-49-43(48(70-71)54(63,64)65)34-20-35(34)53(49,61)62/h7-10,13-16,19,34-35,37H,17-18,20-25H2,1-6H3,(H,66,74)(H,68,75)(H,83,84)(H2,77,78,79)(H2,80,81,82)/p-1/t34-,35+,37-/m0/s1. The first-order valence-corrected chi connectivity index (χ1v) is 33.2. The molecule has 6 aromatic rings. The van der Waals surface area contributed by atoms with Gasteiger partial charge in [0.2, 0.25) is 17.7 Å². The predicted octanol–water partition coefficient (Wildman–Crippen LogP) is 8.36. The molecule has 0 saturated heterocycles. The number of aromatic nitrogens is 5. The summed E-state index contributed by atoms with van der Waals surface area (Å²) in [4.78, 5) is 84.9. The van der Waals surface area contributed by atoms with Crippen molar-refractivity contribution in [3.05, 3.63) is 128 Å². The summed E-state index contributed by atoms with van der Waals surface area (Å²) in [5.74, 6) is -8.46. The number of nitrogens with zero attached hydrogens (tertiary/aromatic N) is 6. The first kappa shape index (κ1) is 70.1. The van der Waals surface area contributed by atoms with E-state index in [1.807, 2.05) is 5.32 Å². The molecule has 3 aromatic heterocycles. The molecule has 2 aliphatic carbocycles. The minimum absolute atomic E-state index is 0.0856. The molecule has 8 rings (SSSR count). The Bertz CT molecular complexity index is 4260.